The number of pyridine rings is 2. The first-order chi connectivity index (χ1) is 14.6. The molecule has 1 saturated carbocycles. The first kappa shape index (κ1) is 18.4. The fraction of sp³-hybridized carbons (Fsp3) is 0.182. The van der Waals surface area contributed by atoms with Crippen molar-refractivity contribution in [2.45, 2.75) is 24.9 Å². The number of halogens is 1. The molecule has 1 aliphatic rings. The summed E-state index contributed by atoms with van der Waals surface area (Å²) in [4.78, 5) is 21.8. The second kappa shape index (κ2) is 7.00. The number of nitrogens with one attached hydrogen (secondary N) is 1. The lowest BCUT2D eigenvalue weighted by Gasteiger charge is -2.17. The Labute approximate surface area is 171 Å². The Morgan fingerprint density at radius 2 is 1.90 bits per heavy atom. The molecule has 5 rings (SSSR count). The molecule has 1 aromatic carbocycles. The van der Waals surface area contributed by atoms with E-state index in [1.807, 2.05) is 12.1 Å². The van der Waals surface area contributed by atoms with Crippen molar-refractivity contribution in [2.75, 3.05) is 0 Å². The quantitative estimate of drug-likeness (QED) is 0.535. The lowest BCUT2D eigenvalue weighted by atomic mass is 10.1. The number of rotatable bonds is 5. The zero-order chi connectivity index (χ0) is 20.7. The molecule has 1 fully saturated rings. The van der Waals surface area contributed by atoms with Gasteiger partial charge in [-0.05, 0) is 48.7 Å². The molecule has 4 aromatic rings. The molecule has 1 amide bonds. The van der Waals surface area contributed by atoms with Crippen LogP contribution < -0.4 is 11.1 Å². The number of benzene rings is 1. The molecule has 0 radical (unpaired) electrons. The molecule has 3 aromatic heterocycles. The molecule has 0 bridgehead atoms. The van der Waals surface area contributed by atoms with Crippen LogP contribution in [-0.4, -0.2) is 25.7 Å². The molecular weight excluding hydrogens is 383 g/mol. The molecule has 150 valence electrons. The van der Waals surface area contributed by atoms with E-state index in [0.717, 1.165) is 24.1 Å². The third kappa shape index (κ3) is 3.11. The topological polar surface area (TPSA) is 98.7 Å². The smallest absolute Gasteiger partial charge is 0.254 e. The van der Waals surface area contributed by atoms with Crippen molar-refractivity contribution in [3.05, 3.63) is 83.8 Å². The summed E-state index contributed by atoms with van der Waals surface area (Å²) in [5.41, 5.74) is 8.75. The van der Waals surface area contributed by atoms with Crippen molar-refractivity contribution in [2.24, 2.45) is 5.73 Å². The molecule has 1 aliphatic carbocycles. The Kier molecular flexibility index (Phi) is 4.29. The van der Waals surface area contributed by atoms with Gasteiger partial charge in [0.2, 0.25) is 0 Å². The van der Waals surface area contributed by atoms with Gasteiger partial charge in [0.1, 0.15) is 5.82 Å². The monoisotopic (exact) mass is 402 g/mol. The van der Waals surface area contributed by atoms with Gasteiger partial charge in [-0.3, -0.25) is 14.8 Å². The van der Waals surface area contributed by atoms with Gasteiger partial charge in [0.25, 0.3) is 5.91 Å². The number of aromatic nitrogens is 4. The molecule has 8 heteroatoms. The van der Waals surface area contributed by atoms with Crippen LogP contribution >= 0.6 is 0 Å². The molecule has 0 atom stereocenters. The van der Waals surface area contributed by atoms with E-state index in [-0.39, 0.29) is 11.7 Å². The minimum atomic E-state index is -0.459. The fourth-order valence-corrected chi connectivity index (χ4v) is 3.59. The number of amides is 1. The highest BCUT2D eigenvalue weighted by Gasteiger charge is 2.47. The van der Waals surface area contributed by atoms with Crippen LogP contribution in [0.5, 0.6) is 0 Å². The standard InChI is InChI=1S/C22H19FN6O/c23-15-2-4-16(5-3-15)29-19-13-25-11-18(17(19)12-27-29)21(30)28-22(7-8-22)20-6-1-14(9-24)10-26-20/h1-6,10-13H,7-9,24H2,(H,28,30). The van der Waals surface area contributed by atoms with E-state index in [4.69, 9.17) is 5.73 Å². The van der Waals surface area contributed by atoms with Crippen molar-refractivity contribution in [3.63, 3.8) is 0 Å². The van der Waals surface area contributed by atoms with Crippen LogP contribution in [0.15, 0.2) is 61.2 Å². The Balaban J connectivity index is 1.46. The first-order valence-electron chi connectivity index (χ1n) is 9.65. The second-order valence-electron chi connectivity index (χ2n) is 7.44. The predicted octanol–water partition coefficient (Wildman–Crippen LogP) is 2.83. The van der Waals surface area contributed by atoms with Crippen LogP contribution in [0.3, 0.4) is 0 Å². The van der Waals surface area contributed by atoms with E-state index in [0.29, 0.717) is 28.7 Å². The second-order valence-corrected chi connectivity index (χ2v) is 7.44. The maximum Gasteiger partial charge on any atom is 0.254 e. The van der Waals surface area contributed by atoms with Crippen LogP contribution in [-0.2, 0) is 12.1 Å². The van der Waals surface area contributed by atoms with Gasteiger partial charge in [0.15, 0.2) is 0 Å². The third-order valence-corrected chi connectivity index (χ3v) is 5.47. The van der Waals surface area contributed by atoms with E-state index in [2.05, 4.69) is 20.4 Å². The van der Waals surface area contributed by atoms with E-state index < -0.39 is 5.54 Å². The third-order valence-electron chi connectivity index (χ3n) is 5.47. The summed E-state index contributed by atoms with van der Waals surface area (Å²) in [6.45, 7) is 0.429. The molecule has 3 heterocycles. The van der Waals surface area contributed by atoms with Gasteiger partial charge in [-0.1, -0.05) is 6.07 Å². The van der Waals surface area contributed by atoms with E-state index >= 15 is 0 Å². The Bertz CT molecular complexity index is 1230. The summed E-state index contributed by atoms with van der Waals surface area (Å²) >= 11 is 0. The molecular formula is C22H19FN6O. The number of carbonyl (C=O) groups is 1. The lowest BCUT2D eigenvalue weighted by molar-refractivity contribution is 0.0931. The maximum atomic E-state index is 13.3. The minimum Gasteiger partial charge on any atom is -0.341 e. The minimum absolute atomic E-state index is 0.228. The highest BCUT2D eigenvalue weighted by Crippen LogP contribution is 2.44. The van der Waals surface area contributed by atoms with Crippen molar-refractivity contribution in [3.8, 4) is 5.69 Å². The Hall–Kier alpha value is -3.65. The number of nitrogens with zero attached hydrogens (tertiary/aromatic N) is 4. The molecule has 0 spiro atoms. The zero-order valence-electron chi connectivity index (χ0n) is 16.0. The van der Waals surface area contributed by atoms with Gasteiger partial charge in [-0.15, -0.1) is 0 Å². The fourth-order valence-electron chi connectivity index (χ4n) is 3.59. The van der Waals surface area contributed by atoms with Gasteiger partial charge in [-0.25, -0.2) is 9.07 Å². The Morgan fingerprint density at radius 3 is 2.57 bits per heavy atom. The maximum absolute atomic E-state index is 13.3. The molecule has 0 saturated heterocycles. The lowest BCUT2D eigenvalue weighted by Crippen LogP contribution is -2.35. The summed E-state index contributed by atoms with van der Waals surface area (Å²) in [6, 6.07) is 9.85. The highest BCUT2D eigenvalue weighted by molar-refractivity contribution is 6.06. The Morgan fingerprint density at radius 1 is 1.10 bits per heavy atom. The van der Waals surface area contributed by atoms with Crippen molar-refractivity contribution in [1.29, 1.82) is 0 Å². The zero-order valence-corrected chi connectivity index (χ0v) is 16.0. The molecule has 7 nitrogen and oxygen atoms in total. The SMILES string of the molecule is NCc1ccc(C2(NC(=O)c3cncc4c3cnn4-c3ccc(F)cc3)CC2)nc1. The summed E-state index contributed by atoms with van der Waals surface area (Å²) in [6.07, 6.45) is 8.20. The molecule has 30 heavy (non-hydrogen) atoms. The highest BCUT2D eigenvalue weighted by atomic mass is 19.1. The molecule has 3 N–H and O–H groups in total. The van der Waals surface area contributed by atoms with Crippen LogP contribution in [0.25, 0.3) is 16.6 Å². The van der Waals surface area contributed by atoms with Crippen LogP contribution in [0.4, 0.5) is 4.39 Å². The van der Waals surface area contributed by atoms with Crippen molar-refractivity contribution in [1.82, 2.24) is 25.1 Å². The van der Waals surface area contributed by atoms with E-state index in [9.17, 15) is 9.18 Å². The number of carbonyl (C=O) groups excluding carboxylic acids is 1. The molecule has 0 unspecified atom stereocenters. The van der Waals surface area contributed by atoms with Crippen molar-refractivity contribution < 1.29 is 9.18 Å². The van der Waals surface area contributed by atoms with E-state index in [1.54, 1.807) is 35.4 Å². The summed E-state index contributed by atoms with van der Waals surface area (Å²) < 4.78 is 14.9. The molecule has 0 aliphatic heterocycles. The van der Waals surface area contributed by atoms with Gasteiger partial charge in [-0.2, -0.15) is 5.10 Å². The predicted molar refractivity (Wildman–Crippen MR) is 109 cm³/mol. The normalized spacial score (nSPS) is 14.6. The van der Waals surface area contributed by atoms with Gasteiger partial charge >= 0.3 is 0 Å². The van der Waals surface area contributed by atoms with Crippen LogP contribution in [0.1, 0.15) is 34.5 Å². The van der Waals surface area contributed by atoms with Crippen molar-refractivity contribution >= 4 is 16.8 Å². The first-order valence-corrected chi connectivity index (χ1v) is 9.65. The van der Waals surface area contributed by atoms with Crippen LogP contribution in [0.2, 0.25) is 0 Å². The average molecular weight is 402 g/mol. The van der Waals surface area contributed by atoms with Crippen LogP contribution in [0, 0.1) is 5.82 Å². The number of hydrogen-bond acceptors (Lipinski definition) is 5. The summed E-state index contributed by atoms with van der Waals surface area (Å²) in [5, 5.41) is 8.18. The largest absolute Gasteiger partial charge is 0.341 e. The van der Waals surface area contributed by atoms with Gasteiger partial charge in [0, 0.05) is 24.3 Å². The summed E-state index contributed by atoms with van der Waals surface area (Å²) in [7, 11) is 0. The van der Waals surface area contributed by atoms with Gasteiger partial charge < -0.3 is 11.1 Å². The van der Waals surface area contributed by atoms with Gasteiger partial charge in [0.05, 0.1) is 40.4 Å². The van der Waals surface area contributed by atoms with E-state index in [1.165, 1.54) is 18.3 Å². The number of nitrogens with two attached hydrogens (primary N) is 1. The summed E-state index contributed by atoms with van der Waals surface area (Å²) in [5.74, 6) is -0.551. The number of hydrogen-bond donors (Lipinski definition) is 2. The number of fused-ring (bicyclic) bond motifs is 1. The average Bonchev–Trinajstić information content (AvgIpc) is 3.43.